The molecule has 1 N–H and O–H groups in total. The molecule has 3 rings (SSSR count). The number of rotatable bonds is 4. The van der Waals surface area contributed by atoms with Crippen LogP contribution in [0.1, 0.15) is 22.3 Å². The van der Waals surface area contributed by atoms with E-state index in [0.29, 0.717) is 11.4 Å². The van der Waals surface area contributed by atoms with Crippen LogP contribution in [0.25, 0.3) is 0 Å². The van der Waals surface area contributed by atoms with Gasteiger partial charge in [0, 0.05) is 24.7 Å². The Morgan fingerprint density at radius 2 is 1.93 bits per heavy atom. The van der Waals surface area contributed by atoms with Gasteiger partial charge in [0.05, 0.1) is 24.3 Å². The molecule has 0 aromatic heterocycles. The van der Waals surface area contributed by atoms with Gasteiger partial charge in [-0.1, -0.05) is 18.2 Å². The molecule has 1 atom stereocenters. The summed E-state index contributed by atoms with van der Waals surface area (Å²) in [6, 6.07) is 10.9. The molecule has 2 amide bonds. The number of hydrogen-bond donors (Lipinski definition) is 1. The molecule has 0 aliphatic carbocycles. The summed E-state index contributed by atoms with van der Waals surface area (Å²) in [5.41, 5.74) is -0.861. The third-order valence-corrected chi connectivity index (χ3v) is 4.30. The maximum Gasteiger partial charge on any atom is 0.417 e. The van der Waals surface area contributed by atoms with E-state index in [4.69, 9.17) is 4.74 Å². The average Bonchev–Trinajstić information content (AvgIpc) is 3.01. The maximum atomic E-state index is 13.1. The number of nitrogens with zero attached hydrogens (tertiary/aromatic N) is 1. The second-order valence-corrected chi connectivity index (χ2v) is 6.12. The summed E-state index contributed by atoms with van der Waals surface area (Å²) >= 11 is 0. The molecule has 0 spiro atoms. The molecule has 2 aromatic rings. The number of hydrogen-bond acceptors (Lipinski definition) is 3. The van der Waals surface area contributed by atoms with E-state index in [1.54, 1.807) is 24.3 Å². The summed E-state index contributed by atoms with van der Waals surface area (Å²) in [6.07, 6.45) is -4.62. The fourth-order valence-corrected chi connectivity index (χ4v) is 3.02. The zero-order valence-corrected chi connectivity index (χ0v) is 14.4. The Kier molecular flexibility index (Phi) is 5.07. The van der Waals surface area contributed by atoms with Crippen LogP contribution >= 0.6 is 0 Å². The molecule has 5 nitrogen and oxygen atoms in total. The van der Waals surface area contributed by atoms with Crippen LogP contribution in [0.3, 0.4) is 0 Å². The van der Waals surface area contributed by atoms with E-state index >= 15 is 0 Å². The van der Waals surface area contributed by atoms with Gasteiger partial charge in [-0.15, -0.1) is 0 Å². The molecule has 1 fully saturated rings. The van der Waals surface area contributed by atoms with E-state index in [1.165, 1.54) is 24.1 Å². The second kappa shape index (κ2) is 7.30. The predicted octanol–water partition coefficient (Wildman–Crippen LogP) is 3.25. The number of carbonyl (C=O) groups excluding carboxylic acids is 2. The molecule has 0 saturated carbocycles. The molecule has 1 heterocycles. The third kappa shape index (κ3) is 4.05. The SMILES string of the molecule is COc1cccc(N2CC(NC(=O)c3ccccc3C(F)(F)F)CC2=O)c1. The first kappa shape index (κ1) is 18.8. The van der Waals surface area contributed by atoms with Gasteiger partial charge in [0.2, 0.25) is 5.91 Å². The first-order valence-electron chi connectivity index (χ1n) is 8.21. The lowest BCUT2D eigenvalue weighted by Gasteiger charge is -2.18. The van der Waals surface area contributed by atoms with Gasteiger partial charge < -0.3 is 15.0 Å². The number of nitrogens with one attached hydrogen (secondary N) is 1. The van der Waals surface area contributed by atoms with Gasteiger partial charge >= 0.3 is 6.18 Å². The zero-order valence-electron chi connectivity index (χ0n) is 14.4. The molecule has 1 unspecified atom stereocenters. The monoisotopic (exact) mass is 378 g/mol. The van der Waals surface area contributed by atoms with E-state index in [2.05, 4.69) is 5.32 Å². The topological polar surface area (TPSA) is 58.6 Å². The van der Waals surface area contributed by atoms with Crippen molar-refractivity contribution in [1.82, 2.24) is 5.32 Å². The molecule has 142 valence electrons. The smallest absolute Gasteiger partial charge is 0.417 e. The van der Waals surface area contributed by atoms with Gasteiger partial charge in [0.1, 0.15) is 5.75 Å². The van der Waals surface area contributed by atoms with E-state index in [0.717, 1.165) is 12.1 Å². The number of methoxy groups -OCH3 is 1. The van der Waals surface area contributed by atoms with Crippen LogP contribution in [0.4, 0.5) is 18.9 Å². The van der Waals surface area contributed by atoms with Crippen molar-refractivity contribution < 1.29 is 27.5 Å². The summed E-state index contributed by atoms with van der Waals surface area (Å²) < 4.78 is 44.4. The number of halogens is 3. The molecule has 1 aliphatic rings. The fraction of sp³-hybridized carbons (Fsp3) is 0.263. The highest BCUT2D eigenvalue weighted by Crippen LogP contribution is 2.32. The van der Waals surface area contributed by atoms with Crippen LogP contribution in [0.5, 0.6) is 5.75 Å². The van der Waals surface area contributed by atoms with Gasteiger partial charge in [0.15, 0.2) is 0 Å². The van der Waals surface area contributed by atoms with E-state index in [-0.39, 0.29) is 18.9 Å². The third-order valence-electron chi connectivity index (χ3n) is 4.30. The number of benzene rings is 2. The Morgan fingerprint density at radius 1 is 1.19 bits per heavy atom. The van der Waals surface area contributed by atoms with Crippen LogP contribution in [-0.4, -0.2) is 31.5 Å². The van der Waals surface area contributed by atoms with Gasteiger partial charge in [-0.2, -0.15) is 13.2 Å². The lowest BCUT2D eigenvalue weighted by atomic mass is 10.1. The minimum atomic E-state index is -4.63. The summed E-state index contributed by atoms with van der Waals surface area (Å²) in [4.78, 5) is 26.1. The Bertz CT molecular complexity index is 867. The first-order valence-corrected chi connectivity index (χ1v) is 8.21. The van der Waals surface area contributed by atoms with Crippen LogP contribution in [0.15, 0.2) is 48.5 Å². The zero-order chi connectivity index (χ0) is 19.6. The minimum absolute atomic E-state index is 0.0110. The minimum Gasteiger partial charge on any atom is -0.497 e. The summed E-state index contributed by atoms with van der Waals surface area (Å²) in [5.74, 6) is -0.502. The predicted molar refractivity (Wildman–Crippen MR) is 92.7 cm³/mol. The van der Waals surface area contributed by atoms with E-state index < -0.39 is 29.3 Å². The molecule has 0 bridgehead atoms. The number of amides is 2. The van der Waals surface area contributed by atoms with Gasteiger partial charge in [0.25, 0.3) is 5.91 Å². The molecule has 2 aromatic carbocycles. The molecule has 1 aliphatic heterocycles. The standard InChI is InChI=1S/C19H17F3N2O3/c1-27-14-6-4-5-13(10-14)24-11-12(9-17(24)25)23-18(26)15-7-2-3-8-16(15)19(20,21)22/h2-8,10,12H,9,11H2,1H3,(H,23,26). The largest absolute Gasteiger partial charge is 0.497 e. The number of ether oxygens (including phenoxy) is 1. The van der Waals surface area contributed by atoms with Crippen molar-refractivity contribution in [3.8, 4) is 5.75 Å². The Morgan fingerprint density at radius 3 is 2.63 bits per heavy atom. The number of anilines is 1. The lowest BCUT2D eigenvalue weighted by Crippen LogP contribution is -2.38. The quantitative estimate of drug-likeness (QED) is 0.889. The van der Waals surface area contributed by atoms with Crippen molar-refractivity contribution in [3.05, 3.63) is 59.7 Å². The molecule has 27 heavy (non-hydrogen) atoms. The molecule has 8 heteroatoms. The van der Waals surface area contributed by atoms with Crippen molar-refractivity contribution >= 4 is 17.5 Å². The van der Waals surface area contributed by atoms with Crippen LogP contribution in [-0.2, 0) is 11.0 Å². The summed E-state index contributed by atoms with van der Waals surface area (Å²) in [7, 11) is 1.51. The highest BCUT2D eigenvalue weighted by atomic mass is 19.4. The van der Waals surface area contributed by atoms with Gasteiger partial charge in [-0.05, 0) is 24.3 Å². The van der Waals surface area contributed by atoms with Crippen LogP contribution < -0.4 is 15.0 Å². The summed E-state index contributed by atoms with van der Waals surface area (Å²) in [5, 5.41) is 2.53. The van der Waals surface area contributed by atoms with Crippen molar-refractivity contribution in [2.75, 3.05) is 18.6 Å². The Balaban J connectivity index is 1.74. The van der Waals surface area contributed by atoms with Gasteiger partial charge in [-0.25, -0.2) is 0 Å². The molecular weight excluding hydrogens is 361 g/mol. The molecule has 0 radical (unpaired) electrons. The van der Waals surface area contributed by atoms with Crippen LogP contribution in [0, 0.1) is 0 Å². The Labute approximate surface area is 153 Å². The second-order valence-electron chi connectivity index (χ2n) is 6.12. The highest BCUT2D eigenvalue weighted by molar-refractivity contribution is 5.99. The number of alkyl halides is 3. The van der Waals surface area contributed by atoms with Gasteiger partial charge in [-0.3, -0.25) is 9.59 Å². The summed E-state index contributed by atoms with van der Waals surface area (Å²) in [6.45, 7) is 0.173. The fourth-order valence-electron chi connectivity index (χ4n) is 3.02. The maximum absolute atomic E-state index is 13.1. The highest BCUT2D eigenvalue weighted by Gasteiger charge is 2.37. The molecule has 1 saturated heterocycles. The lowest BCUT2D eigenvalue weighted by molar-refractivity contribution is -0.138. The Hall–Kier alpha value is -3.03. The van der Waals surface area contributed by atoms with E-state index in [1.807, 2.05) is 0 Å². The van der Waals surface area contributed by atoms with Crippen LogP contribution in [0.2, 0.25) is 0 Å². The van der Waals surface area contributed by atoms with Crippen molar-refractivity contribution in [3.63, 3.8) is 0 Å². The normalized spacial score (nSPS) is 17.1. The van der Waals surface area contributed by atoms with Crippen molar-refractivity contribution in [2.45, 2.75) is 18.6 Å². The van der Waals surface area contributed by atoms with Crippen molar-refractivity contribution in [1.29, 1.82) is 0 Å². The average molecular weight is 378 g/mol. The van der Waals surface area contributed by atoms with E-state index in [9.17, 15) is 22.8 Å². The van der Waals surface area contributed by atoms with Crippen molar-refractivity contribution in [2.24, 2.45) is 0 Å². The molecular formula is C19H17F3N2O3. The first-order chi connectivity index (χ1) is 12.8. The number of carbonyl (C=O) groups is 2.